The minimum absolute atomic E-state index is 0.0405. The zero-order valence-electron chi connectivity index (χ0n) is 71.0. The van der Waals surface area contributed by atoms with Gasteiger partial charge in [-0.1, -0.05) is 78.9 Å². The monoisotopic (exact) mass is 1750 g/mol. The topological polar surface area (TPSA) is 483 Å². The standard InChI is InChI=1S/C27H35NO7.C25H30O6.2C22H27NO7/c1-2-33-20-8-6-17(26-25(32)24(31)23(30)22(14-29)34-26)13-18(20)11-16-5-7-21-19(12-16)28-15-27(35-21)9-3-4-10-27;1-14-2-4-16(24-23(29)22(28)21(27)20(13-26)31-24)12-17(14)10-15-3-5-19-18(11-15)25(6-7-25)8-9-30-19;2*1-11-2-4-13(22-21(28)20(27)19(26)17(10-24)30-22)18(25)14(11)8-12-3-5-16-15(9-12)23-6-7-29-16/h5-8,12-13,22-26,28-32H,2-4,9-11,14-15H2,1H3;2-5,11-12,20-24,26-29H,6-10,13H2,1H3;2*2-5,9,17,19-28H,6-8,10H2,1H3/t22-,23-,24+,25-,26+;20-,21-,22+,23-,24+;2*17-,19-,20+,21-,22+/m1111/s1. The molecule has 8 aliphatic heterocycles. The van der Waals surface area contributed by atoms with Crippen molar-refractivity contribution in [3.63, 3.8) is 0 Å². The predicted octanol–water partition coefficient (Wildman–Crippen LogP) is 5.44. The molecule has 4 saturated heterocycles. The lowest BCUT2D eigenvalue weighted by Gasteiger charge is -2.40. The van der Waals surface area contributed by atoms with Gasteiger partial charge >= 0.3 is 0 Å². The summed E-state index contributed by atoms with van der Waals surface area (Å²) in [6, 6.07) is 42.5. The van der Waals surface area contributed by atoms with Crippen molar-refractivity contribution in [1.82, 2.24) is 0 Å². The van der Waals surface area contributed by atoms with Crippen LogP contribution in [-0.2, 0) is 50.0 Å². The van der Waals surface area contributed by atoms with E-state index < -0.39 is 149 Å². The molecule has 30 heteroatoms. The van der Waals surface area contributed by atoms with Gasteiger partial charge in [0.25, 0.3) is 0 Å². The van der Waals surface area contributed by atoms with E-state index in [1.807, 2.05) is 106 Å². The van der Waals surface area contributed by atoms with Crippen molar-refractivity contribution in [2.45, 2.75) is 231 Å². The van der Waals surface area contributed by atoms with E-state index in [0.29, 0.717) is 72.3 Å². The van der Waals surface area contributed by atoms with Gasteiger partial charge in [0.05, 0.1) is 63.2 Å². The van der Waals surface area contributed by atoms with Crippen LogP contribution < -0.4 is 39.6 Å². The predicted molar refractivity (Wildman–Crippen MR) is 462 cm³/mol. The van der Waals surface area contributed by atoms with Gasteiger partial charge in [0.15, 0.2) is 0 Å². The second-order valence-electron chi connectivity index (χ2n) is 34.9. The molecule has 6 fully saturated rings. The van der Waals surface area contributed by atoms with Crippen molar-refractivity contribution in [1.29, 1.82) is 0 Å². The van der Waals surface area contributed by atoms with Crippen molar-refractivity contribution in [3.05, 3.63) is 222 Å². The van der Waals surface area contributed by atoms with Crippen molar-refractivity contribution < 1.29 is 135 Å². The van der Waals surface area contributed by atoms with Gasteiger partial charge in [-0.15, -0.1) is 0 Å². The van der Waals surface area contributed by atoms with Crippen LogP contribution in [0.25, 0.3) is 0 Å². The van der Waals surface area contributed by atoms with Crippen LogP contribution in [0.3, 0.4) is 0 Å². The maximum atomic E-state index is 11.0. The highest BCUT2D eigenvalue weighted by molar-refractivity contribution is 5.64. The van der Waals surface area contributed by atoms with E-state index in [0.717, 1.165) is 148 Å². The summed E-state index contributed by atoms with van der Waals surface area (Å²) < 4.78 is 52.1. The van der Waals surface area contributed by atoms with Crippen molar-refractivity contribution in [2.24, 2.45) is 0 Å². The summed E-state index contributed by atoms with van der Waals surface area (Å²) in [6.45, 7) is 10.6. The SMILES string of the molecule is CCOc1ccc([C@@H]2O[C@H](CO)[C@@H](O)[C@H](O)[C@H]2O)cc1Cc1ccc2c(c1)NCC1(CCCC1)O2.Cc1ccc([C@@H]2O[C@H](CO)[C@@H](O)[C@H](O)[C@H]2O)c(O)c1Cc1ccc2c(c1)NCCO2.Cc1ccc([C@@H]2O[C@H](CO)[C@@H](O)[C@H](O)[C@H]2O)c(O)c1Cc1ccc2c(c1)NCCO2.Cc1ccc([C@@H]2O[C@H](CO)[C@@H](O)[C@H](O)[C@H]2O)cc1Cc1ccc2c(c1)C1(CCO2)CC1. The maximum absolute atomic E-state index is 11.0. The van der Waals surface area contributed by atoms with Crippen LogP contribution in [0.4, 0.5) is 17.1 Å². The van der Waals surface area contributed by atoms with Gasteiger partial charge in [0, 0.05) is 65.6 Å². The quantitative estimate of drug-likeness (QED) is 0.0508. The first kappa shape index (κ1) is 91.7. The van der Waals surface area contributed by atoms with E-state index in [4.69, 9.17) is 42.6 Å². The first-order valence-corrected chi connectivity index (χ1v) is 43.7. The van der Waals surface area contributed by atoms with Crippen LogP contribution in [0, 0.1) is 20.8 Å². The minimum Gasteiger partial charge on any atom is -0.507 e. The second kappa shape index (κ2) is 39.5. The van der Waals surface area contributed by atoms with Gasteiger partial charge in [-0.05, 0) is 195 Å². The Morgan fingerprint density at radius 1 is 0.373 bits per heavy atom. The molecule has 0 amide bonds. The van der Waals surface area contributed by atoms with Gasteiger partial charge in [0.1, 0.15) is 181 Å². The van der Waals surface area contributed by atoms with Gasteiger partial charge in [-0.2, -0.15) is 0 Å². The number of aliphatic hydroxyl groups excluding tert-OH is 16. The highest BCUT2D eigenvalue weighted by Gasteiger charge is 2.51. The molecule has 10 aliphatic rings. The summed E-state index contributed by atoms with van der Waals surface area (Å²) in [5, 5.41) is 193. The Labute approximate surface area is 730 Å². The average molecular weight is 1750 g/mol. The van der Waals surface area contributed by atoms with Crippen molar-refractivity contribution in [2.75, 3.05) is 88.4 Å². The van der Waals surface area contributed by atoms with Gasteiger partial charge in [-0.25, -0.2) is 0 Å². The average Bonchev–Trinajstić information content (AvgIpc) is 1.56. The first-order chi connectivity index (χ1) is 60.6. The smallest absolute Gasteiger partial charge is 0.143 e. The fourth-order valence-electron chi connectivity index (χ4n) is 18.7. The first-order valence-electron chi connectivity index (χ1n) is 43.7. The Morgan fingerprint density at radius 3 is 1.24 bits per heavy atom. The molecule has 18 rings (SSSR count). The van der Waals surface area contributed by atoms with Gasteiger partial charge in [-0.3, -0.25) is 0 Å². The highest BCUT2D eigenvalue weighted by atomic mass is 16.6. The van der Waals surface area contributed by atoms with Crippen LogP contribution in [0.1, 0.15) is 165 Å². The summed E-state index contributed by atoms with van der Waals surface area (Å²) in [7, 11) is 0. The van der Waals surface area contributed by atoms with E-state index >= 15 is 0 Å². The van der Waals surface area contributed by atoms with E-state index in [-0.39, 0.29) is 17.1 Å². The molecule has 0 bridgehead atoms. The highest BCUT2D eigenvalue weighted by Crippen LogP contribution is 2.56. The zero-order valence-corrected chi connectivity index (χ0v) is 71.0. The molecule has 2 aliphatic carbocycles. The van der Waals surface area contributed by atoms with Gasteiger partial charge in [0.2, 0.25) is 0 Å². The Morgan fingerprint density at radius 2 is 0.770 bits per heavy atom. The fraction of sp³-hybridized carbons (Fsp3) is 0.500. The number of hydrogen-bond donors (Lipinski definition) is 21. The van der Waals surface area contributed by atoms with Crippen LogP contribution in [0.5, 0.6) is 40.2 Å². The number of aryl methyl sites for hydroxylation is 3. The van der Waals surface area contributed by atoms with E-state index in [1.54, 1.807) is 18.2 Å². The number of phenols is 2. The summed E-state index contributed by atoms with van der Waals surface area (Å²) >= 11 is 0. The number of rotatable bonds is 18. The number of ether oxygens (including phenoxy) is 9. The number of fused-ring (bicyclic) bond motifs is 5. The molecule has 8 aromatic carbocycles. The molecular weight excluding hydrogens is 1630 g/mol. The summed E-state index contributed by atoms with van der Waals surface area (Å²) in [5.74, 6) is 4.14. The van der Waals surface area contributed by atoms with Crippen molar-refractivity contribution >= 4 is 17.1 Å². The number of hydrogen-bond acceptors (Lipinski definition) is 30. The maximum Gasteiger partial charge on any atom is 0.143 e. The van der Waals surface area contributed by atoms with Crippen LogP contribution in [0.2, 0.25) is 0 Å². The van der Waals surface area contributed by atoms with Crippen molar-refractivity contribution in [3.8, 4) is 40.2 Å². The Hall–Kier alpha value is -9.04. The number of anilines is 3. The zero-order chi connectivity index (χ0) is 89.2. The van der Waals surface area contributed by atoms with E-state index in [2.05, 4.69) is 53.2 Å². The van der Waals surface area contributed by atoms with Crippen LogP contribution in [0.15, 0.2) is 133 Å². The Balaban J connectivity index is 0.000000130. The lowest BCUT2D eigenvalue weighted by Crippen LogP contribution is -2.55. The molecule has 680 valence electrons. The third kappa shape index (κ3) is 19.3. The number of aromatic hydroxyl groups is 2. The lowest BCUT2D eigenvalue weighted by atomic mass is 9.86. The normalized spacial score (nSPS) is 29.3. The molecule has 20 atom stereocenters. The third-order valence-electron chi connectivity index (χ3n) is 26.5. The fourth-order valence-corrected chi connectivity index (χ4v) is 18.7. The molecule has 21 N–H and O–H groups in total. The summed E-state index contributed by atoms with van der Waals surface area (Å²) in [5.41, 5.74) is 16.8. The Kier molecular flexibility index (Phi) is 28.8. The summed E-state index contributed by atoms with van der Waals surface area (Å²) in [6.07, 6.45) is -14.4. The van der Waals surface area contributed by atoms with Gasteiger partial charge < -0.3 is 150 Å². The third-order valence-corrected chi connectivity index (χ3v) is 26.5. The van der Waals surface area contributed by atoms with E-state index in [1.165, 1.54) is 36.8 Å². The molecule has 0 radical (unpaired) electrons. The lowest BCUT2D eigenvalue weighted by molar-refractivity contribution is -0.232. The number of benzene rings is 8. The largest absolute Gasteiger partial charge is 0.507 e. The second-order valence-corrected chi connectivity index (χ2v) is 34.9. The molecule has 2 spiro atoms. The molecule has 30 nitrogen and oxygen atoms in total. The number of nitrogens with one attached hydrogen (secondary N) is 3. The molecule has 8 heterocycles. The molecular formula is C96H119N3O27. The molecule has 0 unspecified atom stereocenters. The molecule has 126 heavy (non-hydrogen) atoms. The number of aliphatic hydroxyl groups is 16. The minimum atomic E-state index is -1.50. The number of phenolic OH excluding ortho intramolecular Hbond substituents is 2. The van der Waals surface area contributed by atoms with Crippen LogP contribution >= 0.6 is 0 Å². The summed E-state index contributed by atoms with van der Waals surface area (Å²) in [4.78, 5) is 0. The van der Waals surface area contributed by atoms with E-state index in [9.17, 15) is 91.9 Å². The molecule has 0 aromatic heterocycles. The van der Waals surface area contributed by atoms with Crippen LogP contribution in [-0.4, -0.2) is 268 Å². The Bertz CT molecular complexity index is 4930. The molecule has 8 aromatic rings. The molecule has 2 saturated carbocycles.